The Labute approximate surface area is 124 Å². The third-order valence-corrected chi connectivity index (χ3v) is 4.12. The van der Waals surface area contributed by atoms with E-state index in [4.69, 9.17) is 11.6 Å². The highest BCUT2D eigenvalue weighted by Gasteiger charge is 2.16. The first-order chi connectivity index (χ1) is 8.67. The molecule has 1 heterocycles. The summed E-state index contributed by atoms with van der Waals surface area (Å²) in [5.41, 5.74) is 2.18. The van der Waals surface area contributed by atoms with Crippen LogP contribution in [0.15, 0.2) is 0 Å². The van der Waals surface area contributed by atoms with Gasteiger partial charge in [-0.2, -0.15) is 5.10 Å². The van der Waals surface area contributed by atoms with E-state index in [0.29, 0.717) is 0 Å². The Kier molecular flexibility index (Phi) is 7.27. The molecule has 0 aliphatic carbocycles. The Morgan fingerprint density at radius 2 is 2.06 bits per heavy atom. The van der Waals surface area contributed by atoms with Gasteiger partial charge in [-0.25, -0.2) is 0 Å². The number of aryl methyl sites for hydroxylation is 2. The minimum Gasteiger partial charge on any atom is -0.298 e. The van der Waals surface area contributed by atoms with Gasteiger partial charge in [-0.15, -0.1) is 0 Å². The first kappa shape index (κ1) is 16.0. The van der Waals surface area contributed by atoms with Crippen molar-refractivity contribution in [1.82, 2.24) is 14.7 Å². The molecule has 0 atom stereocenters. The quantitative estimate of drug-likeness (QED) is 0.675. The second-order valence-electron chi connectivity index (χ2n) is 4.29. The molecule has 0 aliphatic heterocycles. The van der Waals surface area contributed by atoms with E-state index in [1.54, 1.807) is 0 Å². The lowest BCUT2D eigenvalue weighted by Gasteiger charge is -2.20. The van der Waals surface area contributed by atoms with Crippen molar-refractivity contribution in [2.75, 3.05) is 18.4 Å². The van der Waals surface area contributed by atoms with Gasteiger partial charge in [0.25, 0.3) is 0 Å². The van der Waals surface area contributed by atoms with Crippen molar-refractivity contribution in [2.45, 2.75) is 46.7 Å². The number of hydrogen-bond acceptors (Lipinski definition) is 2. The Bertz CT molecular complexity index is 365. The predicted molar refractivity (Wildman–Crippen MR) is 81.7 cm³/mol. The van der Waals surface area contributed by atoms with Gasteiger partial charge in [0.1, 0.15) is 0 Å². The van der Waals surface area contributed by atoms with E-state index in [2.05, 4.69) is 46.7 Å². The van der Waals surface area contributed by atoms with E-state index in [-0.39, 0.29) is 0 Å². The minimum atomic E-state index is 0.858. The summed E-state index contributed by atoms with van der Waals surface area (Å²) >= 11 is 9.90. The molecule has 104 valence electrons. The normalized spacial score (nSPS) is 11.4. The fraction of sp³-hybridized carbons (Fsp3) is 0.769. The Morgan fingerprint density at radius 3 is 2.56 bits per heavy atom. The molecular weight excluding hydrogens is 314 g/mol. The summed E-state index contributed by atoms with van der Waals surface area (Å²) in [4.78, 5) is 2.41. The molecule has 0 amide bonds. The summed E-state index contributed by atoms with van der Waals surface area (Å²) in [6.07, 6.45) is 2.05. The molecule has 0 unspecified atom stereocenters. The minimum absolute atomic E-state index is 0.858. The van der Waals surface area contributed by atoms with Crippen molar-refractivity contribution in [3.63, 3.8) is 0 Å². The Hall–Kier alpha value is -0.0600. The van der Waals surface area contributed by atoms with E-state index >= 15 is 0 Å². The third kappa shape index (κ3) is 3.97. The molecule has 0 fully saturated rings. The summed E-state index contributed by atoms with van der Waals surface area (Å²) in [5.74, 6) is 0. The van der Waals surface area contributed by atoms with Crippen LogP contribution in [0, 0.1) is 0 Å². The summed E-state index contributed by atoms with van der Waals surface area (Å²) in [6.45, 7) is 10.3. The molecule has 1 aromatic rings. The van der Waals surface area contributed by atoms with E-state index in [1.165, 1.54) is 0 Å². The highest BCUT2D eigenvalue weighted by Crippen LogP contribution is 2.23. The van der Waals surface area contributed by atoms with Gasteiger partial charge in [-0.05, 0) is 32.9 Å². The Balaban J connectivity index is 2.83. The maximum absolute atomic E-state index is 6.42. The molecule has 18 heavy (non-hydrogen) atoms. The van der Waals surface area contributed by atoms with Crippen molar-refractivity contribution in [3.8, 4) is 0 Å². The van der Waals surface area contributed by atoms with E-state index in [0.717, 1.165) is 60.8 Å². The first-order valence-electron chi connectivity index (χ1n) is 6.70. The predicted octanol–water partition coefficient (Wildman–Crippen LogP) is 3.73. The van der Waals surface area contributed by atoms with Gasteiger partial charge in [0.05, 0.1) is 16.4 Å². The van der Waals surface area contributed by atoms with Crippen LogP contribution in [0.5, 0.6) is 0 Å². The standard InChI is InChI=1S/C13H23BrClN3/c1-4-11-13(15)12(18(6-3)16-11)10-17(5-2)9-7-8-14/h4-10H2,1-3H3. The van der Waals surface area contributed by atoms with Crippen molar-refractivity contribution in [2.24, 2.45) is 0 Å². The topological polar surface area (TPSA) is 21.1 Å². The van der Waals surface area contributed by atoms with Crippen LogP contribution in [-0.4, -0.2) is 33.1 Å². The maximum Gasteiger partial charge on any atom is 0.0863 e. The van der Waals surface area contributed by atoms with Gasteiger partial charge in [0.2, 0.25) is 0 Å². The molecule has 0 aliphatic rings. The van der Waals surface area contributed by atoms with E-state index < -0.39 is 0 Å². The average molecular weight is 337 g/mol. The zero-order valence-electron chi connectivity index (χ0n) is 11.5. The molecule has 3 nitrogen and oxygen atoms in total. The number of nitrogens with zero attached hydrogens (tertiary/aromatic N) is 3. The van der Waals surface area contributed by atoms with E-state index in [1.807, 2.05) is 4.68 Å². The summed E-state index contributed by atoms with van der Waals surface area (Å²) in [6, 6.07) is 0. The molecule has 5 heteroatoms. The highest BCUT2D eigenvalue weighted by molar-refractivity contribution is 9.09. The Morgan fingerprint density at radius 1 is 1.33 bits per heavy atom. The lowest BCUT2D eigenvalue weighted by Crippen LogP contribution is -2.26. The average Bonchev–Trinajstić information content (AvgIpc) is 2.70. The van der Waals surface area contributed by atoms with Crippen molar-refractivity contribution in [3.05, 3.63) is 16.4 Å². The maximum atomic E-state index is 6.42. The zero-order valence-corrected chi connectivity index (χ0v) is 13.9. The fourth-order valence-electron chi connectivity index (χ4n) is 2.01. The second-order valence-corrected chi connectivity index (χ2v) is 5.46. The first-order valence-corrected chi connectivity index (χ1v) is 8.20. The largest absolute Gasteiger partial charge is 0.298 e. The van der Waals surface area contributed by atoms with Crippen molar-refractivity contribution in [1.29, 1.82) is 0 Å². The van der Waals surface area contributed by atoms with Gasteiger partial charge < -0.3 is 0 Å². The smallest absolute Gasteiger partial charge is 0.0863 e. The summed E-state index contributed by atoms with van der Waals surface area (Å²) in [5, 5.41) is 6.47. The fourth-order valence-corrected chi connectivity index (χ4v) is 2.59. The molecule has 0 N–H and O–H groups in total. The van der Waals surface area contributed by atoms with Crippen LogP contribution < -0.4 is 0 Å². The molecular formula is C13H23BrClN3. The zero-order chi connectivity index (χ0) is 13.5. The third-order valence-electron chi connectivity index (χ3n) is 3.12. The molecule has 1 rings (SSSR count). The van der Waals surface area contributed by atoms with Gasteiger partial charge in [-0.3, -0.25) is 9.58 Å². The number of rotatable bonds is 8. The van der Waals surface area contributed by atoms with Crippen LogP contribution in [0.4, 0.5) is 0 Å². The van der Waals surface area contributed by atoms with E-state index in [9.17, 15) is 0 Å². The van der Waals surface area contributed by atoms with Crippen LogP contribution in [0.1, 0.15) is 38.6 Å². The van der Waals surface area contributed by atoms with Crippen LogP contribution in [-0.2, 0) is 19.5 Å². The van der Waals surface area contributed by atoms with Crippen molar-refractivity contribution >= 4 is 27.5 Å². The molecule has 0 aromatic carbocycles. The number of halogens is 2. The molecule has 0 spiro atoms. The number of alkyl halides is 1. The molecule has 1 aromatic heterocycles. The SMILES string of the molecule is CCc1nn(CC)c(CN(CC)CCCBr)c1Cl. The molecule has 0 saturated heterocycles. The summed E-state index contributed by atoms with van der Waals surface area (Å²) in [7, 11) is 0. The lowest BCUT2D eigenvalue weighted by atomic mass is 10.2. The molecule has 0 saturated carbocycles. The summed E-state index contributed by atoms with van der Waals surface area (Å²) < 4.78 is 2.04. The van der Waals surface area contributed by atoms with Gasteiger partial charge in [-0.1, -0.05) is 41.4 Å². The van der Waals surface area contributed by atoms with Gasteiger partial charge in [0.15, 0.2) is 0 Å². The monoisotopic (exact) mass is 335 g/mol. The number of hydrogen-bond donors (Lipinski definition) is 0. The van der Waals surface area contributed by atoms with Gasteiger partial charge in [0, 0.05) is 18.4 Å². The van der Waals surface area contributed by atoms with Crippen molar-refractivity contribution < 1.29 is 0 Å². The molecule has 0 radical (unpaired) electrons. The molecule has 0 bridgehead atoms. The second kappa shape index (κ2) is 8.18. The highest BCUT2D eigenvalue weighted by atomic mass is 79.9. The van der Waals surface area contributed by atoms with Crippen LogP contribution >= 0.6 is 27.5 Å². The lowest BCUT2D eigenvalue weighted by molar-refractivity contribution is 0.272. The van der Waals surface area contributed by atoms with Crippen LogP contribution in [0.25, 0.3) is 0 Å². The van der Waals surface area contributed by atoms with Crippen LogP contribution in [0.2, 0.25) is 5.02 Å². The number of aromatic nitrogens is 2. The van der Waals surface area contributed by atoms with Crippen LogP contribution in [0.3, 0.4) is 0 Å². The van der Waals surface area contributed by atoms with Gasteiger partial charge >= 0.3 is 0 Å².